The third-order valence-electron chi connectivity index (χ3n) is 2.05. The van der Waals surface area contributed by atoms with Crippen LogP contribution >= 0.6 is 0 Å². The largest absolute Gasteiger partial charge is 0.399 e. The predicted molar refractivity (Wildman–Crippen MR) is 62.3 cm³/mol. The van der Waals surface area contributed by atoms with E-state index in [1.54, 1.807) is 0 Å². The Morgan fingerprint density at radius 2 is 1.71 bits per heavy atom. The topological polar surface area (TPSA) is 38.0 Å². The van der Waals surface area contributed by atoms with Gasteiger partial charge < -0.3 is 11.1 Å². The first-order valence-corrected chi connectivity index (χ1v) is 5.07. The fourth-order valence-corrected chi connectivity index (χ4v) is 1.27. The van der Waals surface area contributed by atoms with Crippen molar-refractivity contribution < 1.29 is 0 Å². The maximum atomic E-state index is 5.61. The summed E-state index contributed by atoms with van der Waals surface area (Å²) in [5.74, 6) is 0. The van der Waals surface area contributed by atoms with E-state index in [4.69, 9.17) is 5.73 Å². The van der Waals surface area contributed by atoms with Gasteiger partial charge in [-0.25, -0.2) is 0 Å². The zero-order chi connectivity index (χ0) is 10.6. The number of anilines is 1. The molecule has 0 aliphatic carbocycles. The van der Waals surface area contributed by atoms with E-state index in [9.17, 15) is 0 Å². The zero-order valence-electron chi connectivity index (χ0n) is 9.30. The third-order valence-corrected chi connectivity index (χ3v) is 2.05. The van der Waals surface area contributed by atoms with E-state index >= 15 is 0 Å². The summed E-state index contributed by atoms with van der Waals surface area (Å²) in [7, 11) is 0. The molecule has 1 rings (SSSR count). The van der Waals surface area contributed by atoms with Crippen molar-refractivity contribution >= 4 is 5.69 Å². The highest BCUT2D eigenvalue weighted by Gasteiger charge is 2.07. The standard InChI is InChI=1S/C12H20N2/c1-12(2,3)14-9-8-10-4-6-11(13)7-5-10/h4-7,14H,8-9,13H2,1-3H3. The number of hydrogen-bond acceptors (Lipinski definition) is 2. The second-order valence-electron chi connectivity index (χ2n) is 4.67. The lowest BCUT2D eigenvalue weighted by Crippen LogP contribution is -2.37. The molecule has 0 unspecified atom stereocenters. The summed E-state index contributed by atoms with van der Waals surface area (Å²) < 4.78 is 0. The molecule has 0 aliphatic rings. The van der Waals surface area contributed by atoms with Crippen LogP contribution in [0, 0.1) is 0 Å². The number of benzene rings is 1. The van der Waals surface area contributed by atoms with Crippen LogP contribution in [0.5, 0.6) is 0 Å². The van der Waals surface area contributed by atoms with Gasteiger partial charge in [-0.05, 0) is 51.4 Å². The minimum atomic E-state index is 0.202. The molecule has 0 aromatic heterocycles. The van der Waals surface area contributed by atoms with Crippen molar-refractivity contribution in [2.75, 3.05) is 12.3 Å². The molecule has 0 saturated heterocycles. The third kappa shape index (κ3) is 4.28. The van der Waals surface area contributed by atoms with Gasteiger partial charge in [0.2, 0.25) is 0 Å². The van der Waals surface area contributed by atoms with Crippen LogP contribution in [0.15, 0.2) is 24.3 Å². The van der Waals surface area contributed by atoms with Crippen molar-refractivity contribution in [2.24, 2.45) is 0 Å². The van der Waals surface area contributed by atoms with Gasteiger partial charge in [0.15, 0.2) is 0 Å². The molecule has 0 fully saturated rings. The SMILES string of the molecule is CC(C)(C)NCCc1ccc(N)cc1. The number of hydrogen-bond donors (Lipinski definition) is 2. The van der Waals surface area contributed by atoms with Gasteiger partial charge in [-0.15, -0.1) is 0 Å². The average molecular weight is 192 g/mol. The number of nitrogen functional groups attached to an aromatic ring is 1. The fourth-order valence-electron chi connectivity index (χ4n) is 1.27. The van der Waals surface area contributed by atoms with Gasteiger partial charge in [-0.2, -0.15) is 0 Å². The van der Waals surface area contributed by atoms with E-state index in [0.717, 1.165) is 18.7 Å². The van der Waals surface area contributed by atoms with Gasteiger partial charge in [-0.3, -0.25) is 0 Å². The Balaban J connectivity index is 2.35. The van der Waals surface area contributed by atoms with Crippen LogP contribution in [0.25, 0.3) is 0 Å². The molecule has 0 radical (unpaired) electrons. The minimum absolute atomic E-state index is 0.202. The van der Waals surface area contributed by atoms with Gasteiger partial charge in [0.1, 0.15) is 0 Å². The minimum Gasteiger partial charge on any atom is -0.399 e. The molecule has 0 aliphatic heterocycles. The molecule has 0 atom stereocenters. The maximum absolute atomic E-state index is 5.61. The molecule has 1 aromatic rings. The highest BCUT2D eigenvalue weighted by atomic mass is 14.9. The molecule has 0 bridgehead atoms. The first kappa shape index (κ1) is 11.1. The summed E-state index contributed by atoms with van der Waals surface area (Å²) in [5.41, 5.74) is 7.97. The van der Waals surface area contributed by atoms with Crippen molar-refractivity contribution in [3.05, 3.63) is 29.8 Å². The maximum Gasteiger partial charge on any atom is 0.0314 e. The molecular formula is C12H20N2. The number of nitrogens with two attached hydrogens (primary N) is 1. The highest BCUT2D eigenvalue weighted by Crippen LogP contribution is 2.06. The van der Waals surface area contributed by atoms with Crippen LogP contribution < -0.4 is 11.1 Å². The summed E-state index contributed by atoms with van der Waals surface area (Å²) in [5, 5.41) is 3.45. The first-order chi connectivity index (χ1) is 6.47. The van der Waals surface area contributed by atoms with Crippen LogP contribution in [-0.4, -0.2) is 12.1 Å². The molecule has 2 heteroatoms. The second kappa shape index (κ2) is 4.47. The lowest BCUT2D eigenvalue weighted by molar-refractivity contribution is 0.429. The Morgan fingerprint density at radius 3 is 2.21 bits per heavy atom. The second-order valence-corrected chi connectivity index (χ2v) is 4.67. The van der Waals surface area contributed by atoms with E-state index in [0.29, 0.717) is 0 Å². The summed E-state index contributed by atoms with van der Waals surface area (Å²) in [4.78, 5) is 0. The Hall–Kier alpha value is -1.02. The summed E-state index contributed by atoms with van der Waals surface area (Å²) >= 11 is 0. The first-order valence-electron chi connectivity index (χ1n) is 5.07. The monoisotopic (exact) mass is 192 g/mol. The fraction of sp³-hybridized carbons (Fsp3) is 0.500. The predicted octanol–water partition coefficient (Wildman–Crippen LogP) is 2.20. The van der Waals surface area contributed by atoms with Crippen LogP contribution in [-0.2, 0) is 6.42 Å². The van der Waals surface area contributed by atoms with E-state index in [1.165, 1.54) is 5.56 Å². The molecule has 3 N–H and O–H groups in total. The Labute approximate surface area is 86.5 Å². The van der Waals surface area contributed by atoms with Crippen molar-refractivity contribution in [1.29, 1.82) is 0 Å². The molecule has 0 saturated carbocycles. The molecule has 1 aromatic carbocycles. The van der Waals surface area contributed by atoms with Crippen molar-refractivity contribution in [3.8, 4) is 0 Å². The van der Waals surface area contributed by atoms with Gasteiger partial charge in [-0.1, -0.05) is 12.1 Å². The molecule has 2 nitrogen and oxygen atoms in total. The Morgan fingerprint density at radius 1 is 1.14 bits per heavy atom. The van der Waals surface area contributed by atoms with E-state index in [2.05, 4.69) is 38.2 Å². The highest BCUT2D eigenvalue weighted by molar-refractivity contribution is 5.39. The summed E-state index contributed by atoms with van der Waals surface area (Å²) in [6.45, 7) is 7.54. The van der Waals surface area contributed by atoms with Crippen molar-refractivity contribution in [1.82, 2.24) is 5.32 Å². The van der Waals surface area contributed by atoms with Gasteiger partial charge in [0.05, 0.1) is 0 Å². The van der Waals surface area contributed by atoms with Crippen LogP contribution in [0.3, 0.4) is 0 Å². The smallest absolute Gasteiger partial charge is 0.0314 e. The number of nitrogens with one attached hydrogen (secondary N) is 1. The van der Waals surface area contributed by atoms with Gasteiger partial charge in [0.25, 0.3) is 0 Å². The molecule has 78 valence electrons. The average Bonchev–Trinajstić information content (AvgIpc) is 2.06. The summed E-state index contributed by atoms with van der Waals surface area (Å²) in [6, 6.07) is 8.07. The molecule has 14 heavy (non-hydrogen) atoms. The van der Waals surface area contributed by atoms with Crippen molar-refractivity contribution in [2.45, 2.75) is 32.7 Å². The van der Waals surface area contributed by atoms with Crippen LogP contribution in [0.1, 0.15) is 26.3 Å². The van der Waals surface area contributed by atoms with E-state index in [-0.39, 0.29) is 5.54 Å². The number of rotatable bonds is 3. The van der Waals surface area contributed by atoms with Crippen LogP contribution in [0.2, 0.25) is 0 Å². The summed E-state index contributed by atoms with van der Waals surface area (Å²) in [6.07, 6.45) is 1.05. The van der Waals surface area contributed by atoms with E-state index in [1.807, 2.05) is 12.1 Å². The van der Waals surface area contributed by atoms with Crippen molar-refractivity contribution in [3.63, 3.8) is 0 Å². The zero-order valence-corrected chi connectivity index (χ0v) is 9.30. The quantitative estimate of drug-likeness (QED) is 0.720. The molecule has 0 amide bonds. The van der Waals surface area contributed by atoms with Gasteiger partial charge in [0, 0.05) is 11.2 Å². The molecular weight excluding hydrogens is 172 g/mol. The van der Waals surface area contributed by atoms with Crippen LogP contribution in [0.4, 0.5) is 5.69 Å². The Bertz CT molecular complexity index is 269. The Kier molecular flexibility index (Phi) is 3.53. The molecule has 0 spiro atoms. The lowest BCUT2D eigenvalue weighted by Gasteiger charge is -2.20. The normalized spacial score (nSPS) is 11.6. The van der Waals surface area contributed by atoms with Gasteiger partial charge >= 0.3 is 0 Å². The molecule has 0 heterocycles. The lowest BCUT2D eigenvalue weighted by atomic mass is 10.1. The van der Waals surface area contributed by atoms with E-state index < -0.39 is 0 Å².